The first-order valence-corrected chi connectivity index (χ1v) is 7.91. The summed E-state index contributed by atoms with van der Waals surface area (Å²) in [5, 5.41) is 6.26. The molecule has 2 heterocycles. The van der Waals surface area contributed by atoms with Crippen LogP contribution in [0.3, 0.4) is 0 Å². The van der Waals surface area contributed by atoms with E-state index >= 15 is 0 Å². The summed E-state index contributed by atoms with van der Waals surface area (Å²) < 4.78 is 0. The number of nitrogens with zero attached hydrogens (tertiary/aromatic N) is 2. The van der Waals surface area contributed by atoms with Crippen molar-refractivity contribution < 1.29 is 4.79 Å². The number of anilines is 2. The highest BCUT2D eigenvalue weighted by atomic mass is 16.2. The highest BCUT2D eigenvalue weighted by molar-refractivity contribution is 5.95. The van der Waals surface area contributed by atoms with Gasteiger partial charge < -0.3 is 15.5 Å². The van der Waals surface area contributed by atoms with E-state index in [1.807, 2.05) is 12.1 Å². The van der Waals surface area contributed by atoms with E-state index in [2.05, 4.69) is 41.3 Å². The Balaban J connectivity index is 1.98. The Morgan fingerprint density at radius 2 is 2.19 bits per heavy atom. The fourth-order valence-electron chi connectivity index (χ4n) is 2.82. The number of carbonyl (C=O) groups is 1. The first-order valence-electron chi connectivity index (χ1n) is 7.91. The van der Waals surface area contributed by atoms with Crippen LogP contribution in [-0.4, -0.2) is 36.6 Å². The third kappa shape index (κ3) is 3.94. The highest BCUT2D eigenvalue weighted by Gasteiger charge is 2.27. The van der Waals surface area contributed by atoms with E-state index in [-0.39, 0.29) is 11.9 Å². The van der Waals surface area contributed by atoms with Crippen LogP contribution in [0.2, 0.25) is 0 Å². The van der Waals surface area contributed by atoms with E-state index in [0.29, 0.717) is 5.92 Å². The molecule has 5 heteroatoms. The second-order valence-corrected chi connectivity index (χ2v) is 5.62. The van der Waals surface area contributed by atoms with Crippen molar-refractivity contribution in [1.29, 1.82) is 0 Å². The van der Waals surface area contributed by atoms with Crippen LogP contribution in [0.4, 0.5) is 11.5 Å². The Kier molecular flexibility index (Phi) is 5.56. The molecular formula is C16H26N4O. The van der Waals surface area contributed by atoms with Crippen molar-refractivity contribution >= 4 is 17.4 Å². The quantitative estimate of drug-likeness (QED) is 0.873. The summed E-state index contributed by atoms with van der Waals surface area (Å²) in [7, 11) is 0. The predicted molar refractivity (Wildman–Crippen MR) is 86.6 cm³/mol. The third-order valence-corrected chi connectivity index (χ3v) is 4.15. The topological polar surface area (TPSA) is 57.3 Å². The lowest BCUT2D eigenvalue weighted by molar-refractivity contribution is -0.119. The van der Waals surface area contributed by atoms with Gasteiger partial charge in [-0.2, -0.15) is 0 Å². The highest BCUT2D eigenvalue weighted by Crippen LogP contribution is 2.18. The molecule has 21 heavy (non-hydrogen) atoms. The zero-order chi connectivity index (χ0) is 15.2. The van der Waals surface area contributed by atoms with E-state index in [9.17, 15) is 4.79 Å². The summed E-state index contributed by atoms with van der Waals surface area (Å²) in [6, 6.07) is 3.79. The van der Waals surface area contributed by atoms with Crippen LogP contribution in [0.15, 0.2) is 18.3 Å². The molecule has 1 aromatic heterocycles. The van der Waals surface area contributed by atoms with Crippen LogP contribution < -0.4 is 15.5 Å². The number of carbonyl (C=O) groups excluding carboxylic acids is 1. The minimum absolute atomic E-state index is 0.0413. The Bertz CT molecular complexity index is 456. The Labute approximate surface area is 127 Å². The van der Waals surface area contributed by atoms with Crippen LogP contribution in [-0.2, 0) is 4.79 Å². The molecule has 1 aliphatic heterocycles. The lowest BCUT2D eigenvalue weighted by Crippen LogP contribution is -2.48. The second-order valence-electron chi connectivity index (χ2n) is 5.62. The zero-order valence-corrected chi connectivity index (χ0v) is 13.2. The van der Waals surface area contributed by atoms with Crippen molar-refractivity contribution in [2.45, 2.75) is 39.7 Å². The van der Waals surface area contributed by atoms with E-state index in [1.165, 1.54) is 0 Å². The molecule has 1 aromatic rings. The van der Waals surface area contributed by atoms with Gasteiger partial charge in [0.15, 0.2) is 0 Å². The Morgan fingerprint density at radius 1 is 1.43 bits per heavy atom. The Morgan fingerprint density at radius 3 is 2.76 bits per heavy atom. The monoisotopic (exact) mass is 290 g/mol. The van der Waals surface area contributed by atoms with Gasteiger partial charge in [0.05, 0.1) is 17.9 Å². The van der Waals surface area contributed by atoms with Gasteiger partial charge in [0.1, 0.15) is 5.82 Å². The number of aromatic nitrogens is 1. The minimum atomic E-state index is -0.0961. The van der Waals surface area contributed by atoms with Crippen molar-refractivity contribution in [2.24, 2.45) is 5.92 Å². The van der Waals surface area contributed by atoms with E-state index < -0.39 is 0 Å². The molecule has 0 spiro atoms. The van der Waals surface area contributed by atoms with Crippen LogP contribution >= 0.6 is 0 Å². The summed E-state index contributed by atoms with van der Waals surface area (Å²) in [6.07, 6.45) is 3.98. The smallest absolute Gasteiger partial charge is 0.241 e. The van der Waals surface area contributed by atoms with Gasteiger partial charge in [-0.3, -0.25) is 4.79 Å². The molecule has 2 N–H and O–H groups in total. The number of piperidine rings is 1. The number of amides is 1. The fourth-order valence-corrected chi connectivity index (χ4v) is 2.82. The van der Waals surface area contributed by atoms with Crippen LogP contribution in [0.25, 0.3) is 0 Å². The first kappa shape index (κ1) is 15.8. The lowest BCUT2D eigenvalue weighted by atomic mass is 9.92. The molecule has 2 atom stereocenters. The maximum absolute atomic E-state index is 12.3. The summed E-state index contributed by atoms with van der Waals surface area (Å²) in [4.78, 5) is 18.9. The second kappa shape index (κ2) is 7.41. The van der Waals surface area contributed by atoms with Crippen LogP contribution in [0.5, 0.6) is 0 Å². The van der Waals surface area contributed by atoms with Crippen molar-refractivity contribution in [3.8, 4) is 0 Å². The van der Waals surface area contributed by atoms with Crippen molar-refractivity contribution in [2.75, 3.05) is 29.9 Å². The van der Waals surface area contributed by atoms with Crippen molar-refractivity contribution in [3.63, 3.8) is 0 Å². The minimum Gasteiger partial charge on any atom is -0.357 e. The third-order valence-electron chi connectivity index (χ3n) is 4.15. The summed E-state index contributed by atoms with van der Waals surface area (Å²) in [5.41, 5.74) is 0.760. The lowest BCUT2D eigenvalue weighted by Gasteiger charge is -2.29. The van der Waals surface area contributed by atoms with Gasteiger partial charge in [0, 0.05) is 13.1 Å². The van der Waals surface area contributed by atoms with Gasteiger partial charge in [-0.15, -0.1) is 0 Å². The van der Waals surface area contributed by atoms with E-state index in [4.69, 9.17) is 0 Å². The number of hydrogen-bond acceptors (Lipinski definition) is 4. The summed E-state index contributed by atoms with van der Waals surface area (Å²) in [5.74, 6) is 1.36. The van der Waals surface area contributed by atoms with Gasteiger partial charge in [-0.1, -0.05) is 6.92 Å². The molecule has 0 radical (unpaired) electrons. The van der Waals surface area contributed by atoms with Gasteiger partial charge in [-0.05, 0) is 51.3 Å². The van der Waals surface area contributed by atoms with Gasteiger partial charge >= 0.3 is 0 Å². The predicted octanol–water partition coefficient (Wildman–Crippen LogP) is 2.25. The average Bonchev–Trinajstić information content (AvgIpc) is 2.50. The molecule has 0 saturated carbocycles. The molecule has 1 amide bonds. The SMILES string of the molecule is CCN(CC)c1ccc(NC(=O)C2NCCCC2C)cn1. The van der Waals surface area contributed by atoms with Crippen LogP contribution in [0.1, 0.15) is 33.6 Å². The maximum atomic E-state index is 12.3. The molecule has 1 saturated heterocycles. The fraction of sp³-hybridized carbons (Fsp3) is 0.625. The molecule has 116 valence electrons. The molecule has 2 rings (SSSR count). The normalized spacial score (nSPS) is 21.9. The molecule has 2 unspecified atom stereocenters. The maximum Gasteiger partial charge on any atom is 0.241 e. The molecule has 0 aromatic carbocycles. The molecular weight excluding hydrogens is 264 g/mol. The van der Waals surface area contributed by atoms with E-state index in [1.54, 1.807) is 6.20 Å². The molecule has 0 aliphatic carbocycles. The number of nitrogens with one attached hydrogen (secondary N) is 2. The van der Waals surface area contributed by atoms with Gasteiger partial charge in [0.25, 0.3) is 0 Å². The number of pyridine rings is 1. The standard InChI is InChI=1S/C16H26N4O/c1-4-20(5-2)14-9-8-13(11-18-14)19-16(21)15-12(3)7-6-10-17-15/h8-9,11-12,15,17H,4-7,10H2,1-3H3,(H,19,21). The number of rotatable bonds is 5. The van der Waals surface area contributed by atoms with Gasteiger partial charge in [0.2, 0.25) is 5.91 Å². The van der Waals surface area contributed by atoms with Crippen LogP contribution in [0, 0.1) is 5.92 Å². The average molecular weight is 290 g/mol. The summed E-state index contributed by atoms with van der Waals surface area (Å²) >= 11 is 0. The Hall–Kier alpha value is -1.62. The molecule has 0 bridgehead atoms. The van der Waals surface area contributed by atoms with Crippen molar-refractivity contribution in [1.82, 2.24) is 10.3 Å². The first-order chi connectivity index (χ1) is 10.2. The van der Waals surface area contributed by atoms with E-state index in [0.717, 1.165) is 44.0 Å². The van der Waals surface area contributed by atoms with Crippen molar-refractivity contribution in [3.05, 3.63) is 18.3 Å². The molecule has 1 fully saturated rings. The van der Waals surface area contributed by atoms with Gasteiger partial charge in [-0.25, -0.2) is 4.98 Å². The zero-order valence-electron chi connectivity index (χ0n) is 13.2. The molecule has 5 nitrogen and oxygen atoms in total. The summed E-state index contributed by atoms with van der Waals surface area (Å²) in [6.45, 7) is 9.12. The molecule has 1 aliphatic rings. The largest absolute Gasteiger partial charge is 0.357 e. The number of hydrogen-bond donors (Lipinski definition) is 2.